The molecule has 7 heteroatoms. The largest absolute Gasteiger partial charge is 0.456 e. The molecule has 0 aromatic heterocycles. The first-order valence-electron chi connectivity index (χ1n) is 11.0. The second-order valence-corrected chi connectivity index (χ2v) is 9.23. The summed E-state index contributed by atoms with van der Waals surface area (Å²) in [4.78, 5) is 24.0. The Balaban J connectivity index is 2.17. The van der Waals surface area contributed by atoms with Crippen LogP contribution >= 0.6 is 0 Å². The zero-order valence-corrected chi connectivity index (χ0v) is 19.3. The van der Waals surface area contributed by atoms with Crippen molar-refractivity contribution in [2.24, 2.45) is 11.8 Å². The number of hydrogen-bond donors (Lipinski definition) is 1. The second kappa shape index (κ2) is 10.2. The molecule has 0 aromatic carbocycles. The summed E-state index contributed by atoms with van der Waals surface area (Å²) in [7, 11) is 0. The fourth-order valence-electron chi connectivity index (χ4n) is 3.98. The number of aliphatic hydroxyl groups is 1. The van der Waals surface area contributed by atoms with Gasteiger partial charge in [-0.15, -0.1) is 0 Å². The molecule has 0 spiro atoms. The van der Waals surface area contributed by atoms with Gasteiger partial charge in [0, 0.05) is 6.92 Å². The Morgan fingerprint density at radius 2 is 1.97 bits per heavy atom. The molecule has 1 heterocycles. The predicted molar refractivity (Wildman–Crippen MR) is 111 cm³/mol. The van der Waals surface area contributed by atoms with Gasteiger partial charge >= 0.3 is 11.9 Å². The summed E-state index contributed by atoms with van der Waals surface area (Å²) in [5.74, 6) is -1.00. The summed E-state index contributed by atoms with van der Waals surface area (Å²) < 4.78 is 23.2. The molecule has 30 heavy (non-hydrogen) atoms. The molecule has 0 amide bonds. The number of carbonyl (C=O) groups excluding carboxylic acids is 2. The van der Waals surface area contributed by atoms with Gasteiger partial charge in [0.15, 0.2) is 18.5 Å². The number of esters is 2. The Morgan fingerprint density at radius 3 is 2.50 bits per heavy atom. The lowest BCUT2D eigenvalue weighted by atomic mass is 9.79. The smallest absolute Gasteiger partial charge is 0.309 e. The molecule has 0 radical (unpaired) electrons. The van der Waals surface area contributed by atoms with Crippen molar-refractivity contribution in [1.82, 2.24) is 0 Å². The number of aliphatic hydroxyl groups excluding tert-OH is 1. The third-order valence-corrected chi connectivity index (χ3v) is 6.36. The van der Waals surface area contributed by atoms with Crippen molar-refractivity contribution in [1.29, 1.82) is 0 Å². The van der Waals surface area contributed by atoms with E-state index in [0.29, 0.717) is 6.42 Å². The van der Waals surface area contributed by atoms with E-state index in [1.165, 1.54) is 12.5 Å². The van der Waals surface area contributed by atoms with E-state index in [9.17, 15) is 14.7 Å². The molecule has 7 atom stereocenters. The molecule has 1 unspecified atom stereocenters. The highest BCUT2D eigenvalue weighted by molar-refractivity contribution is 5.72. The summed E-state index contributed by atoms with van der Waals surface area (Å²) in [5.41, 5.74) is 0.823. The van der Waals surface area contributed by atoms with Gasteiger partial charge in [-0.1, -0.05) is 25.5 Å². The van der Waals surface area contributed by atoms with Gasteiger partial charge in [-0.25, -0.2) is 0 Å². The average Bonchev–Trinajstić information content (AvgIpc) is 2.67. The fourth-order valence-corrected chi connectivity index (χ4v) is 3.98. The first kappa shape index (κ1) is 24.8. The molecular weight excluding hydrogens is 388 g/mol. The zero-order valence-electron chi connectivity index (χ0n) is 19.3. The lowest BCUT2D eigenvalue weighted by Crippen LogP contribution is -2.61. The van der Waals surface area contributed by atoms with E-state index in [4.69, 9.17) is 18.9 Å². The maximum absolute atomic E-state index is 12.3. The average molecular weight is 427 g/mol. The van der Waals surface area contributed by atoms with Crippen LogP contribution in [0.3, 0.4) is 0 Å². The van der Waals surface area contributed by atoms with Gasteiger partial charge in [0.2, 0.25) is 0 Å². The van der Waals surface area contributed by atoms with Crippen molar-refractivity contribution in [3.8, 4) is 0 Å². The van der Waals surface area contributed by atoms with Gasteiger partial charge in [0.25, 0.3) is 0 Å². The molecule has 0 saturated carbocycles. The molecule has 7 nitrogen and oxygen atoms in total. The fraction of sp³-hybridized carbons (Fsp3) is 0.826. The second-order valence-electron chi connectivity index (χ2n) is 9.23. The topological polar surface area (TPSA) is 91.3 Å². The Hall–Kier alpha value is -1.44. The Morgan fingerprint density at radius 1 is 1.30 bits per heavy atom. The first-order valence-corrected chi connectivity index (χ1v) is 11.0. The number of carbonyl (C=O) groups is 2. The molecule has 1 saturated heterocycles. The van der Waals surface area contributed by atoms with Gasteiger partial charge in [-0.05, 0) is 59.3 Å². The van der Waals surface area contributed by atoms with Crippen molar-refractivity contribution in [3.63, 3.8) is 0 Å². The van der Waals surface area contributed by atoms with Gasteiger partial charge in [-0.3, -0.25) is 9.59 Å². The van der Waals surface area contributed by atoms with E-state index in [2.05, 4.69) is 13.0 Å². The van der Waals surface area contributed by atoms with E-state index in [1.807, 2.05) is 20.8 Å². The summed E-state index contributed by atoms with van der Waals surface area (Å²) in [5, 5.41) is 10.9. The van der Waals surface area contributed by atoms with Crippen LogP contribution in [0.5, 0.6) is 0 Å². The van der Waals surface area contributed by atoms with Crippen LogP contribution in [-0.4, -0.2) is 53.4 Å². The van der Waals surface area contributed by atoms with Crippen molar-refractivity contribution < 1.29 is 33.6 Å². The lowest BCUT2D eigenvalue weighted by Gasteiger charge is -2.46. The third-order valence-electron chi connectivity index (χ3n) is 6.36. The standard InChI is InChI=1S/C23H38O7/c1-8-14(3)21(26)29-19-15(4)27-22(20(18(19)25)28-16(5)24)30-23(6,7)17-11-9-13(2)10-12-17/h9,14-15,17-20,22,25H,8,10-12H2,1-7H3/t14-,15+,17?,18-,19-,20+,22-/m0/s1. The molecule has 2 aliphatic rings. The van der Waals surface area contributed by atoms with Crippen molar-refractivity contribution >= 4 is 11.9 Å². The lowest BCUT2D eigenvalue weighted by molar-refractivity contribution is -0.325. The molecule has 1 aliphatic carbocycles. The van der Waals surface area contributed by atoms with Crippen molar-refractivity contribution in [2.45, 2.75) is 110 Å². The van der Waals surface area contributed by atoms with Gasteiger partial charge < -0.3 is 24.1 Å². The van der Waals surface area contributed by atoms with Crippen LogP contribution in [0.25, 0.3) is 0 Å². The zero-order chi connectivity index (χ0) is 22.6. The van der Waals surface area contributed by atoms with Crippen LogP contribution in [0.15, 0.2) is 11.6 Å². The van der Waals surface area contributed by atoms with Crippen LogP contribution in [0.4, 0.5) is 0 Å². The maximum atomic E-state index is 12.3. The van der Waals surface area contributed by atoms with E-state index in [1.54, 1.807) is 13.8 Å². The van der Waals surface area contributed by atoms with Gasteiger partial charge in [0.1, 0.15) is 6.10 Å². The van der Waals surface area contributed by atoms with E-state index < -0.39 is 48.2 Å². The third kappa shape index (κ3) is 6.05. The normalized spacial score (nSPS) is 33.4. The number of allylic oxidation sites excluding steroid dienone is 2. The van der Waals surface area contributed by atoms with E-state index in [0.717, 1.165) is 19.3 Å². The van der Waals surface area contributed by atoms with Crippen LogP contribution in [0.2, 0.25) is 0 Å². The first-order chi connectivity index (χ1) is 14.0. The van der Waals surface area contributed by atoms with Gasteiger partial charge in [-0.2, -0.15) is 0 Å². The Labute approximate surface area is 180 Å². The van der Waals surface area contributed by atoms with Gasteiger partial charge in [0.05, 0.1) is 17.6 Å². The Kier molecular flexibility index (Phi) is 8.48. The molecule has 172 valence electrons. The molecule has 2 rings (SSSR count). The number of ether oxygens (including phenoxy) is 4. The van der Waals surface area contributed by atoms with E-state index in [-0.39, 0.29) is 11.8 Å². The summed E-state index contributed by atoms with van der Waals surface area (Å²) in [6, 6.07) is 0. The molecule has 0 aromatic rings. The summed E-state index contributed by atoms with van der Waals surface area (Å²) >= 11 is 0. The number of hydrogen-bond acceptors (Lipinski definition) is 7. The summed E-state index contributed by atoms with van der Waals surface area (Å²) in [6.45, 7) is 12.8. The predicted octanol–water partition coefficient (Wildman–Crippen LogP) is 3.52. The van der Waals surface area contributed by atoms with Crippen LogP contribution in [0, 0.1) is 11.8 Å². The quantitative estimate of drug-likeness (QED) is 0.492. The minimum absolute atomic E-state index is 0.274. The molecule has 1 fully saturated rings. The van der Waals surface area contributed by atoms with E-state index >= 15 is 0 Å². The molecule has 0 bridgehead atoms. The minimum atomic E-state index is -1.25. The van der Waals surface area contributed by atoms with Crippen molar-refractivity contribution in [2.75, 3.05) is 0 Å². The van der Waals surface area contributed by atoms with Crippen LogP contribution < -0.4 is 0 Å². The Bertz CT molecular complexity index is 641. The van der Waals surface area contributed by atoms with Crippen molar-refractivity contribution in [3.05, 3.63) is 11.6 Å². The molecule has 1 N–H and O–H groups in total. The number of rotatable bonds is 7. The maximum Gasteiger partial charge on any atom is 0.309 e. The molecule has 1 aliphatic heterocycles. The summed E-state index contributed by atoms with van der Waals surface area (Å²) in [6.07, 6.45) is 0.903. The highest BCUT2D eigenvalue weighted by Gasteiger charge is 2.50. The highest BCUT2D eigenvalue weighted by Crippen LogP contribution is 2.37. The van der Waals surface area contributed by atoms with Crippen LogP contribution in [0.1, 0.15) is 74.1 Å². The minimum Gasteiger partial charge on any atom is -0.456 e. The SMILES string of the molecule is CC[C@H](C)C(=O)O[C@@H]1[C@H](O)[C@@H](OC(C)=O)[C@H](OC(C)(C)C2CC=C(C)CC2)O[C@@H]1C. The monoisotopic (exact) mass is 426 g/mol. The highest BCUT2D eigenvalue weighted by atomic mass is 16.7. The van der Waals surface area contributed by atoms with Crippen LogP contribution in [-0.2, 0) is 28.5 Å². The molecular formula is C23H38O7.